The fourth-order valence-electron chi connectivity index (χ4n) is 3.93. The minimum atomic E-state index is 0.336. The zero-order chi connectivity index (χ0) is 21.3. The van der Waals surface area contributed by atoms with Crippen molar-refractivity contribution in [1.29, 1.82) is 0 Å². The minimum absolute atomic E-state index is 0.336. The van der Waals surface area contributed by atoms with Crippen LogP contribution >= 0.6 is 0 Å². The summed E-state index contributed by atoms with van der Waals surface area (Å²) in [4.78, 5) is 6.83. The summed E-state index contributed by atoms with van der Waals surface area (Å²) >= 11 is 0. The van der Waals surface area contributed by atoms with Gasteiger partial charge in [0.05, 0.1) is 17.5 Å². The summed E-state index contributed by atoms with van der Waals surface area (Å²) in [6, 6.07) is 10.5. The van der Waals surface area contributed by atoms with E-state index >= 15 is 0 Å². The molecule has 1 fully saturated rings. The lowest BCUT2D eigenvalue weighted by Gasteiger charge is -2.34. The highest BCUT2D eigenvalue weighted by molar-refractivity contribution is 5.80. The third-order valence-electron chi connectivity index (χ3n) is 5.47. The molecule has 1 aromatic carbocycles. The van der Waals surface area contributed by atoms with Gasteiger partial charge in [0.2, 0.25) is 0 Å². The summed E-state index contributed by atoms with van der Waals surface area (Å²) in [7, 11) is 3.58. The van der Waals surface area contributed by atoms with Crippen molar-refractivity contribution >= 4 is 5.96 Å². The van der Waals surface area contributed by atoms with Gasteiger partial charge in [-0.15, -0.1) is 0 Å². The average molecular weight is 414 g/mol. The molecule has 1 saturated heterocycles. The van der Waals surface area contributed by atoms with Crippen LogP contribution in [0.5, 0.6) is 0 Å². The first-order chi connectivity index (χ1) is 14.6. The van der Waals surface area contributed by atoms with Crippen molar-refractivity contribution in [2.75, 3.05) is 40.5 Å². The van der Waals surface area contributed by atoms with E-state index in [2.05, 4.69) is 57.6 Å². The Morgan fingerprint density at radius 1 is 1.20 bits per heavy atom. The molecule has 2 aromatic rings. The molecule has 1 aliphatic rings. The van der Waals surface area contributed by atoms with E-state index in [0.29, 0.717) is 12.6 Å². The van der Waals surface area contributed by atoms with Gasteiger partial charge in [0.25, 0.3) is 0 Å². The van der Waals surface area contributed by atoms with Gasteiger partial charge in [-0.25, -0.2) is 4.68 Å². The van der Waals surface area contributed by atoms with Crippen molar-refractivity contribution in [1.82, 2.24) is 20.0 Å². The molecule has 0 atom stereocenters. The number of aliphatic imine (C=N–C) groups is 1. The zero-order valence-electron chi connectivity index (χ0n) is 18.7. The second kappa shape index (κ2) is 11.1. The Labute approximate surface area is 180 Å². The van der Waals surface area contributed by atoms with E-state index in [9.17, 15) is 0 Å². The van der Waals surface area contributed by atoms with Crippen LogP contribution in [0.2, 0.25) is 0 Å². The molecule has 2 heterocycles. The third-order valence-corrected chi connectivity index (χ3v) is 5.47. The summed E-state index contributed by atoms with van der Waals surface area (Å²) in [6.45, 7) is 8.25. The Balaban J connectivity index is 1.55. The Kier molecular flexibility index (Phi) is 8.28. The van der Waals surface area contributed by atoms with Gasteiger partial charge in [0.15, 0.2) is 5.96 Å². The Bertz CT molecular complexity index is 825. The topological polar surface area (TPSA) is 63.9 Å². The quantitative estimate of drug-likeness (QED) is 0.409. The predicted molar refractivity (Wildman–Crippen MR) is 120 cm³/mol. The highest BCUT2D eigenvalue weighted by Gasteiger charge is 2.22. The number of nitrogens with one attached hydrogen (secondary N) is 1. The van der Waals surface area contributed by atoms with Crippen molar-refractivity contribution in [2.45, 2.75) is 45.8 Å². The third kappa shape index (κ3) is 5.83. The van der Waals surface area contributed by atoms with Crippen LogP contribution in [0.3, 0.4) is 0 Å². The van der Waals surface area contributed by atoms with Gasteiger partial charge < -0.3 is 19.7 Å². The summed E-state index contributed by atoms with van der Waals surface area (Å²) in [6.07, 6.45) is 3.34. The zero-order valence-corrected chi connectivity index (χ0v) is 18.7. The number of likely N-dealkylation sites (tertiary alicyclic amines) is 1. The van der Waals surface area contributed by atoms with Crippen molar-refractivity contribution < 1.29 is 9.47 Å². The largest absolute Gasteiger partial charge is 0.385 e. The van der Waals surface area contributed by atoms with E-state index < -0.39 is 0 Å². The fraction of sp³-hybridized carbons (Fsp3) is 0.565. The molecule has 1 aliphatic heterocycles. The summed E-state index contributed by atoms with van der Waals surface area (Å²) < 4.78 is 13.1. The van der Waals surface area contributed by atoms with Crippen LogP contribution < -0.4 is 5.32 Å². The highest BCUT2D eigenvalue weighted by atomic mass is 16.5. The van der Waals surface area contributed by atoms with E-state index in [1.54, 1.807) is 7.11 Å². The number of nitrogens with zero attached hydrogens (tertiary/aromatic N) is 4. The first kappa shape index (κ1) is 22.3. The van der Waals surface area contributed by atoms with E-state index in [0.717, 1.165) is 68.6 Å². The lowest BCUT2D eigenvalue weighted by atomic mass is 10.1. The number of rotatable bonds is 8. The maximum Gasteiger partial charge on any atom is 0.193 e. The number of methoxy groups -OCH3 is 1. The average Bonchev–Trinajstić information content (AvgIpc) is 3.10. The van der Waals surface area contributed by atoms with Gasteiger partial charge in [0.1, 0.15) is 0 Å². The molecule has 1 aromatic heterocycles. The van der Waals surface area contributed by atoms with E-state index in [1.165, 1.54) is 5.56 Å². The van der Waals surface area contributed by atoms with Crippen molar-refractivity contribution in [3.8, 4) is 5.69 Å². The highest BCUT2D eigenvalue weighted by Crippen LogP contribution is 2.18. The van der Waals surface area contributed by atoms with Gasteiger partial charge in [0, 0.05) is 52.7 Å². The number of guanidine groups is 1. The summed E-state index contributed by atoms with van der Waals surface area (Å²) in [5.74, 6) is 0.941. The number of hydrogen-bond acceptors (Lipinski definition) is 4. The standard InChI is InChI=1S/C23H35N5O2/c1-18-16-19(2)28(26-18)22-9-6-5-8-20(22)17-25-23(24-3)27-12-10-21(11-13-27)30-15-7-14-29-4/h5-6,8-9,16,21H,7,10-15,17H2,1-4H3,(H,24,25). The Morgan fingerprint density at radius 2 is 1.97 bits per heavy atom. The molecular weight excluding hydrogens is 378 g/mol. The molecule has 0 unspecified atom stereocenters. The van der Waals surface area contributed by atoms with Crippen LogP contribution in [0.4, 0.5) is 0 Å². The van der Waals surface area contributed by atoms with Crippen LogP contribution in [-0.2, 0) is 16.0 Å². The molecule has 0 radical (unpaired) electrons. The van der Waals surface area contributed by atoms with Crippen molar-refractivity contribution in [3.63, 3.8) is 0 Å². The fourth-order valence-corrected chi connectivity index (χ4v) is 3.93. The molecular formula is C23H35N5O2. The van der Waals surface area contributed by atoms with Gasteiger partial charge in [-0.2, -0.15) is 5.10 Å². The lowest BCUT2D eigenvalue weighted by Crippen LogP contribution is -2.46. The van der Waals surface area contributed by atoms with Gasteiger partial charge in [-0.05, 0) is 50.8 Å². The first-order valence-corrected chi connectivity index (χ1v) is 10.8. The second-order valence-electron chi connectivity index (χ2n) is 7.77. The molecule has 3 rings (SSSR count). The van der Waals surface area contributed by atoms with Crippen LogP contribution in [-0.4, -0.2) is 67.2 Å². The van der Waals surface area contributed by atoms with Gasteiger partial charge >= 0.3 is 0 Å². The van der Waals surface area contributed by atoms with E-state index in [1.807, 2.05) is 18.7 Å². The smallest absolute Gasteiger partial charge is 0.193 e. The molecule has 0 spiro atoms. The molecule has 0 saturated carbocycles. The molecule has 30 heavy (non-hydrogen) atoms. The van der Waals surface area contributed by atoms with Gasteiger partial charge in [-0.1, -0.05) is 18.2 Å². The molecule has 164 valence electrons. The molecule has 0 bridgehead atoms. The summed E-state index contributed by atoms with van der Waals surface area (Å²) in [5, 5.41) is 8.19. The molecule has 7 heteroatoms. The van der Waals surface area contributed by atoms with Crippen LogP contribution in [0, 0.1) is 13.8 Å². The van der Waals surface area contributed by atoms with Crippen LogP contribution in [0.25, 0.3) is 5.69 Å². The maximum atomic E-state index is 5.98. The number of aromatic nitrogens is 2. The Hall–Kier alpha value is -2.38. The van der Waals surface area contributed by atoms with Crippen LogP contribution in [0.15, 0.2) is 35.3 Å². The van der Waals surface area contributed by atoms with Crippen molar-refractivity contribution in [3.05, 3.63) is 47.3 Å². The second-order valence-corrected chi connectivity index (χ2v) is 7.77. The molecule has 1 N–H and O–H groups in total. The normalized spacial score (nSPS) is 15.6. The molecule has 7 nitrogen and oxygen atoms in total. The SMILES string of the molecule is CN=C(NCc1ccccc1-n1nc(C)cc1C)N1CCC(OCCCOC)CC1. The Morgan fingerprint density at radius 3 is 2.63 bits per heavy atom. The summed E-state index contributed by atoms with van der Waals surface area (Å²) in [5.41, 5.74) is 4.46. The maximum absolute atomic E-state index is 5.98. The molecule has 0 aliphatic carbocycles. The first-order valence-electron chi connectivity index (χ1n) is 10.8. The number of ether oxygens (including phenoxy) is 2. The monoisotopic (exact) mass is 413 g/mol. The predicted octanol–water partition coefficient (Wildman–Crippen LogP) is 3.08. The number of aryl methyl sites for hydroxylation is 2. The number of piperidine rings is 1. The minimum Gasteiger partial charge on any atom is -0.385 e. The van der Waals surface area contributed by atoms with E-state index in [-0.39, 0.29) is 0 Å². The van der Waals surface area contributed by atoms with Gasteiger partial charge in [-0.3, -0.25) is 4.99 Å². The molecule has 0 amide bonds. The number of para-hydroxylation sites is 1. The number of hydrogen-bond donors (Lipinski definition) is 1. The lowest BCUT2D eigenvalue weighted by molar-refractivity contribution is 0.00989. The number of benzene rings is 1. The van der Waals surface area contributed by atoms with E-state index in [4.69, 9.17) is 9.47 Å². The van der Waals surface area contributed by atoms with Crippen molar-refractivity contribution in [2.24, 2.45) is 4.99 Å². The van der Waals surface area contributed by atoms with Crippen LogP contribution in [0.1, 0.15) is 36.2 Å².